The summed E-state index contributed by atoms with van der Waals surface area (Å²) in [7, 11) is 0. The molecule has 2 aliphatic rings. The average Bonchev–Trinajstić information content (AvgIpc) is 3.09. The number of phenols is 1. The number of carbonyl (C=O) groups excluding carboxylic acids is 1. The van der Waals surface area contributed by atoms with Crippen LogP contribution in [-0.2, 0) is 4.74 Å². The Balaban J connectivity index is 1.74. The molecule has 1 saturated heterocycles. The molecule has 1 aromatic rings. The number of aromatic hydroxyl groups is 1. The first-order valence-electron chi connectivity index (χ1n) is 8.65. The van der Waals surface area contributed by atoms with Gasteiger partial charge in [0.15, 0.2) is 0 Å². The summed E-state index contributed by atoms with van der Waals surface area (Å²) >= 11 is 3.24. The molecule has 24 heavy (non-hydrogen) atoms. The Labute approximate surface area is 151 Å². The zero-order chi connectivity index (χ0) is 17.2. The number of amides is 1. The Kier molecular flexibility index (Phi) is 5.47. The molecule has 1 amide bonds. The maximum atomic E-state index is 12.6. The van der Waals surface area contributed by atoms with Crippen molar-refractivity contribution in [3.8, 4) is 5.75 Å². The molecule has 2 N–H and O–H groups in total. The molecular weight excluding hydrogens is 372 g/mol. The SMILES string of the molecule is CC(NC(=O)c1ccc(Br)c(O)c1)C1(N2CCOCC2)CCCC1. The molecule has 1 aromatic carbocycles. The van der Waals surface area contributed by atoms with E-state index >= 15 is 0 Å². The van der Waals surface area contributed by atoms with Crippen LogP contribution in [-0.4, -0.2) is 53.8 Å². The largest absolute Gasteiger partial charge is 0.507 e. The summed E-state index contributed by atoms with van der Waals surface area (Å²) in [5, 5.41) is 13.0. The zero-order valence-corrected chi connectivity index (χ0v) is 15.6. The van der Waals surface area contributed by atoms with Crippen LogP contribution >= 0.6 is 15.9 Å². The van der Waals surface area contributed by atoms with Crippen molar-refractivity contribution in [3.05, 3.63) is 28.2 Å². The van der Waals surface area contributed by atoms with Gasteiger partial charge in [-0.2, -0.15) is 0 Å². The van der Waals surface area contributed by atoms with Gasteiger partial charge in [0.05, 0.1) is 17.7 Å². The third-order valence-electron chi connectivity index (χ3n) is 5.47. The average molecular weight is 397 g/mol. The number of rotatable bonds is 4. The van der Waals surface area contributed by atoms with Crippen molar-refractivity contribution in [1.29, 1.82) is 0 Å². The molecule has 1 aliphatic carbocycles. The van der Waals surface area contributed by atoms with E-state index in [0.29, 0.717) is 10.0 Å². The van der Waals surface area contributed by atoms with Gasteiger partial charge in [0.2, 0.25) is 0 Å². The van der Waals surface area contributed by atoms with Gasteiger partial charge >= 0.3 is 0 Å². The minimum atomic E-state index is -0.134. The van der Waals surface area contributed by atoms with Gasteiger partial charge in [-0.05, 0) is 53.9 Å². The van der Waals surface area contributed by atoms with E-state index in [9.17, 15) is 9.90 Å². The quantitative estimate of drug-likeness (QED) is 0.820. The first-order chi connectivity index (χ1) is 11.5. The lowest BCUT2D eigenvalue weighted by atomic mass is 9.86. The van der Waals surface area contributed by atoms with Gasteiger partial charge in [-0.15, -0.1) is 0 Å². The predicted molar refractivity (Wildman–Crippen MR) is 96.3 cm³/mol. The molecule has 2 fully saturated rings. The molecule has 1 atom stereocenters. The van der Waals surface area contributed by atoms with Gasteiger partial charge in [-0.3, -0.25) is 9.69 Å². The molecule has 0 spiro atoms. The molecule has 6 heteroatoms. The van der Waals surface area contributed by atoms with Crippen molar-refractivity contribution in [2.24, 2.45) is 0 Å². The van der Waals surface area contributed by atoms with Crippen LogP contribution in [0.4, 0.5) is 0 Å². The second-order valence-corrected chi connectivity index (χ2v) is 7.63. The first-order valence-corrected chi connectivity index (χ1v) is 9.44. The fourth-order valence-electron chi connectivity index (χ4n) is 4.09. The Morgan fingerprint density at radius 1 is 1.33 bits per heavy atom. The monoisotopic (exact) mass is 396 g/mol. The highest BCUT2D eigenvalue weighted by Crippen LogP contribution is 2.38. The number of morpholine rings is 1. The molecule has 0 bridgehead atoms. The van der Waals surface area contributed by atoms with Crippen molar-refractivity contribution in [2.75, 3.05) is 26.3 Å². The van der Waals surface area contributed by atoms with Crippen LogP contribution in [0.25, 0.3) is 0 Å². The Hall–Kier alpha value is -1.11. The van der Waals surface area contributed by atoms with Gasteiger partial charge in [-0.25, -0.2) is 0 Å². The summed E-state index contributed by atoms with van der Waals surface area (Å²) in [5.41, 5.74) is 0.509. The molecule has 1 unspecified atom stereocenters. The van der Waals surface area contributed by atoms with Gasteiger partial charge in [0.25, 0.3) is 5.91 Å². The van der Waals surface area contributed by atoms with Crippen LogP contribution in [0.5, 0.6) is 5.75 Å². The van der Waals surface area contributed by atoms with Gasteiger partial charge < -0.3 is 15.2 Å². The lowest BCUT2D eigenvalue weighted by molar-refractivity contribution is -0.0323. The van der Waals surface area contributed by atoms with E-state index in [-0.39, 0.29) is 23.2 Å². The summed E-state index contributed by atoms with van der Waals surface area (Å²) < 4.78 is 6.09. The summed E-state index contributed by atoms with van der Waals surface area (Å²) in [5.74, 6) is -0.0519. The van der Waals surface area contributed by atoms with Gasteiger partial charge in [0.1, 0.15) is 5.75 Å². The summed E-state index contributed by atoms with van der Waals surface area (Å²) in [6.07, 6.45) is 4.63. The standard InChI is InChI=1S/C18H25BrN2O3/c1-13(20-17(23)14-4-5-15(19)16(22)12-14)18(6-2-3-7-18)21-8-10-24-11-9-21/h4-5,12-13,22H,2-3,6-11H2,1H3,(H,20,23). The fourth-order valence-corrected chi connectivity index (χ4v) is 4.33. The van der Waals surface area contributed by atoms with Crippen LogP contribution in [0, 0.1) is 0 Å². The number of nitrogens with zero attached hydrogens (tertiary/aromatic N) is 1. The summed E-state index contributed by atoms with van der Waals surface area (Å²) in [4.78, 5) is 15.1. The van der Waals surface area contributed by atoms with E-state index < -0.39 is 0 Å². The maximum absolute atomic E-state index is 12.6. The minimum absolute atomic E-state index is 0.0247. The maximum Gasteiger partial charge on any atom is 0.251 e. The highest BCUT2D eigenvalue weighted by atomic mass is 79.9. The number of nitrogens with one attached hydrogen (secondary N) is 1. The Morgan fingerprint density at radius 2 is 2.00 bits per heavy atom. The van der Waals surface area contributed by atoms with E-state index in [2.05, 4.69) is 33.1 Å². The van der Waals surface area contributed by atoms with E-state index in [1.807, 2.05) is 0 Å². The van der Waals surface area contributed by atoms with Crippen LogP contribution in [0.3, 0.4) is 0 Å². The number of ether oxygens (including phenoxy) is 1. The van der Waals surface area contributed by atoms with Crippen LogP contribution in [0.2, 0.25) is 0 Å². The van der Waals surface area contributed by atoms with Crippen molar-refractivity contribution in [2.45, 2.75) is 44.2 Å². The molecule has 3 rings (SSSR count). The number of benzene rings is 1. The second kappa shape index (κ2) is 7.42. The van der Waals surface area contributed by atoms with Gasteiger partial charge in [-0.1, -0.05) is 12.8 Å². The molecule has 0 aromatic heterocycles. The minimum Gasteiger partial charge on any atom is -0.507 e. The van der Waals surface area contributed by atoms with Crippen molar-refractivity contribution in [1.82, 2.24) is 10.2 Å². The second-order valence-electron chi connectivity index (χ2n) is 6.77. The van der Waals surface area contributed by atoms with Crippen LogP contribution < -0.4 is 5.32 Å². The smallest absolute Gasteiger partial charge is 0.251 e. The topological polar surface area (TPSA) is 61.8 Å². The Morgan fingerprint density at radius 3 is 2.62 bits per heavy atom. The van der Waals surface area contributed by atoms with E-state index in [1.165, 1.54) is 18.9 Å². The molecule has 1 aliphatic heterocycles. The highest BCUT2D eigenvalue weighted by Gasteiger charge is 2.45. The Bertz CT molecular complexity index is 596. The zero-order valence-electron chi connectivity index (χ0n) is 14.1. The number of carbonyl (C=O) groups is 1. The lowest BCUT2D eigenvalue weighted by Crippen LogP contribution is -2.62. The van der Waals surface area contributed by atoms with E-state index in [1.54, 1.807) is 12.1 Å². The number of hydrogen-bond acceptors (Lipinski definition) is 4. The third-order valence-corrected chi connectivity index (χ3v) is 6.14. The van der Waals surface area contributed by atoms with Crippen molar-refractivity contribution >= 4 is 21.8 Å². The fraction of sp³-hybridized carbons (Fsp3) is 0.611. The molecule has 5 nitrogen and oxygen atoms in total. The predicted octanol–water partition coefficient (Wildman–Crippen LogP) is 2.92. The molecule has 0 radical (unpaired) electrons. The normalized spacial score (nSPS) is 22.2. The number of phenolic OH excluding ortho intramolecular Hbond substituents is 1. The van der Waals surface area contributed by atoms with Crippen molar-refractivity contribution in [3.63, 3.8) is 0 Å². The number of halogens is 1. The molecule has 1 heterocycles. The van der Waals surface area contributed by atoms with E-state index in [4.69, 9.17) is 4.74 Å². The van der Waals surface area contributed by atoms with E-state index in [0.717, 1.165) is 39.1 Å². The van der Waals surface area contributed by atoms with Gasteiger partial charge in [0, 0.05) is 30.2 Å². The molecule has 132 valence electrons. The highest BCUT2D eigenvalue weighted by molar-refractivity contribution is 9.10. The van der Waals surface area contributed by atoms with Crippen LogP contribution in [0.15, 0.2) is 22.7 Å². The third kappa shape index (κ3) is 3.46. The lowest BCUT2D eigenvalue weighted by Gasteiger charge is -2.47. The summed E-state index contributed by atoms with van der Waals surface area (Å²) in [6, 6.07) is 4.98. The first kappa shape index (κ1) is 17.7. The summed E-state index contributed by atoms with van der Waals surface area (Å²) in [6.45, 7) is 5.50. The molecular formula is C18H25BrN2O3. The number of hydrogen-bond donors (Lipinski definition) is 2. The van der Waals surface area contributed by atoms with Crippen molar-refractivity contribution < 1.29 is 14.6 Å². The molecule has 1 saturated carbocycles. The van der Waals surface area contributed by atoms with Crippen LogP contribution in [0.1, 0.15) is 43.0 Å².